The molecule has 2 atom stereocenters. The highest BCUT2D eigenvalue weighted by atomic mass is 15.1. The van der Waals surface area contributed by atoms with Gasteiger partial charge in [-0.3, -0.25) is 9.88 Å². The highest BCUT2D eigenvalue weighted by Crippen LogP contribution is 2.33. The van der Waals surface area contributed by atoms with Gasteiger partial charge >= 0.3 is 0 Å². The van der Waals surface area contributed by atoms with Crippen molar-refractivity contribution in [2.75, 3.05) is 18.9 Å². The number of hydrogen-bond donors (Lipinski definition) is 3. The van der Waals surface area contributed by atoms with Crippen LogP contribution >= 0.6 is 0 Å². The lowest BCUT2D eigenvalue weighted by atomic mass is 9.89. The van der Waals surface area contributed by atoms with E-state index in [0.29, 0.717) is 24.2 Å². The van der Waals surface area contributed by atoms with E-state index in [-0.39, 0.29) is 0 Å². The van der Waals surface area contributed by atoms with E-state index in [0.717, 1.165) is 32.4 Å². The van der Waals surface area contributed by atoms with E-state index < -0.39 is 0 Å². The van der Waals surface area contributed by atoms with Crippen LogP contribution < -0.4 is 16.4 Å². The molecule has 0 amide bonds. The van der Waals surface area contributed by atoms with E-state index in [9.17, 15) is 0 Å². The molecule has 172 valence electrons. The maximum atomic E-state index is 6.11. The molecule has 32 heavy (non-hydrogen) atoms. The molecular formula is C27H39N5. The summed E-state index contributed by atoms with van der Waals surface area (Å²) >= 11 is 0. The van der Waals surface area contributed by atoms with E-state index in [1.165, 1.54) is 66.6 Å². The number of aromatic nitrogens is 1. The minimum absolute atomic E-state index is 0.398. The maximum absolute atomic E-state index is 6.11. The topological polar surface area (TPSA) is 66.2 Å². The Balaban J connectivity index is 1.20. The van der Waals surface area contributed by atoms with Crippen molar-refractivity contribution in [3.63, 3.8) is 0 Å². The van der Waals surface area contributed by atoms with Crippen LogP contribution in [0, 0.1) is 0 Å². The van der Waals surface area contributed by atoms with Crippen LogP contribution in [0.2, 0.25) is 0 Å². The fraction of sp³-hybridized carbons (Fsp3) is 0.593. The quantitative estimate of drug-likeness (QED) is 0.638. The number of aryl methyl sites for hydroxylation is 1. The summed E-state index contributed by atoms with van der Waals surface area (Å²) in [5.74, 6) is 0. The number of benzene rings is 1. The SMILES string of the molecule is CN(CC[C@H]1Cc2c(cccc2N[C@H]2CC[C@@H](N)CC2)CN1)[C@H]1CCCc2cccnc21. The Morgan fingerprint density at radius 3 is 2.81 bits per heavy atom. The summed E-state index contributed by atoms with van der Waals surface area (Å²) in [7, 11) is 2.28. The van der Waals surface area contributed by atoms with Crippen LogP contribution in [0.4, 0.5) is 5.69 Å². The molecule has 5 heteroatoms. The molecule has 4 N–H and O–H groups in total. The Bertz CT molecular complexity index is 905. The van der Waals surface area contributed by atoms with Crippen LogP contribution in [0.3, 0.4) is 0 Å². The first-order valence-electron chi connectivity index (χ1n) is 12.7. The Morgan fingerprint density at radius 1 is 1.09 bits per heavy atom. The van der Waals surface area contributed by atoms with Crippen molar-refractivity contribution < 1.29 is 0 Å². The van der Waals surface area contributed by atoms with Crippen LogP contribution in [0.25, 0.3) is 0 Å². The van der Waals surface area contributed by atoms with Crippen molar-refractivity contribution in [1.82, 2.24) is 15.2 Å². The Labute approximate surface area is 193 Å². The van der Waals surface area contributed by atoms with Gasteiger partial charge in [0.2, 0.25) is 0 Å². The van der Waals surface area contributed by atoms with Gasteiger partial charge in [0.15, 0.2) is 0 Å². The number of anilines is 1. The zero-order valence-corrected chi connectivity index (χ0v) is 19.5. The Hall–Kier alpha value is -1.95. The zero-order valence-electron chi connectivity index (χ0n) is 19.5. The molecule has 2 aromatic rings. The lowest BCUT2D eigenvalue weighted by molar-refractivity contribution is 0.204. The van der Waals surface area contributed by atoms with Gasteiger partial charge in [0, 0.05) is 36.6 Å². The third kappa shape index (κ3) is 4.85. The molecule has 0 spiro atoms. The average molecular weight is 434 g/mol. The average Bonchev–Trinajstić information content (AvgIpc) is 2.84. The molecule has 0 bridgehead atoms. The standard InChI is InChI=1S/C27H39N5/c1-32(26-9-3-5-19-7-4-15-29-27(19)26)16-14-23-17-24-20(18-30-23)6-2-8-25(24)31-22-12-10-21(28)11-13-22/h2,4,6-8,15,21-23,26,30-31H,3,5,9-14,16-18,28H2,1H3/t21-,22+,23-,26-/m0/s1. The molecule has 1 aliphatic heterocycles. The molecule has 2 aliphatic carbocycles. The van der Waals surface area contributed by atoms with E-state index in [2.05, 4.69) is 52.9 Å². The summed E-state index contributed by atoms with van der Waals surface area (Å²) < 4.78 is 0. The largest absolute Gasteiger partial charge is 0.382 e. The third-order valence-corrected chi connectivity index (χ3v) is 7.96. The van der Waals surface area contributed by atoms with Crippen molar-refractivity contribution in [2.24, 2.45) is 5.73 Å². The van der Waals surface area contributed by atoms with E-state index in [1.807, 2.05) is 6.20 Å². The minimum Gasteiger partial charge on any atom is -0.382 e. The molecule has 5 nitrogen and oxygen atoms in total. The number of nitrogens with one attached hydrogen (secondary N) is 2. The smallest absolute Gasteiger partial charge is 0.0607 e. The summed E-state index contributed by atoms with van der Waals surface area (Å²) in [5, 5.41) is 7.68. The van der Waals surface area contributed by atoms with Gasteiger partial charge in [0.05, 0.1) is 11.7 Å². The number of nitrogens with two attached hydrogens (primary N) is 1. The maximum Gasteiger partial charge on any atom is 0.0607 e. The molecule has 0 unspecified atom stereocenters. The van der Waals surface area contributed by atoms with Gasteiger partial charge in [-0.25, -0.2) is 0 Å². The van der Waals surface area contributed by atoms with Gasteiger partial charge < -0.3 is 16.4 Å². The van der Waals surface area contributed by atoms with Gasteiger partial charge in [-0.2, -0.15) is 0 Å². The summed E-state index contributed by atoms with van der Waals surface area (Å²) in [6.07, 6.45) is 12.6. The first kappa shape index (κ1) is 21.9. The molecule has 5 rings (SSSR count). The molecule has 1 fully saturated rings. The molecule has 1 saturated carbocycles. The van der Waals surface area contributed by atoms with Gasteiger partial charge in [-0.15, -0.1) is 0 Å². The lowest BCUT2D eigenvalue weighted by Crippen LogP contribution is -2.40. The molecule has 1 aromatic heterocycles. The molecule has 3 aliphatic rings. The summed E-state index contributed by atoms with van der Waals surface area (Å²) in [4.78, 5) is 7.28. The van der Waals surface area contributed by atoms with Crippen molar-refractivity contribution in [1.29, 1.82) is 0 Å². The fourth-order valence-corrected chi connectivity index (χ4v) is 5.97. The fourth-order valence-electron chi connectivity index (χ4n) is 5.97. The summed E-state index contributed by atoms with van der Waals surface area (Å²) in [6, 6.07) is 13.1. The van der Waals surface area contributed by atoms with Crippen molar-refractivity contribution in [2.45, 2.75) is 88.5 Å². The predicted molar refractivity (Wildman–Crippen MR) is 132 cm³/mol. The number of rotatable bonds is 6. The molecule has 0 saturated heterocycles. The van der Waals surface area contributed by atoms with Crippen molar-refractivity contribution >= 4 is 5.69 Å². The minimum atomic E-state index is 0.398. The van der Waals surface area contributed by atoms with E-state index in [4.69, 9.17) is 10.7 Å². The first-order chi connectivity index (χ1) is 15.7. The Morgan fingerprint density at radius 2 is 1.94 bits per heavy atom. The van der Waals surface area contributed by atoms with Gasteiger partial charge in [-0.1, -0.05) is 18.2 Å². The van der Waals surface area contributed by atoms with Crippen LogP contribution in [-0.4, -0.2) is 41.6 Å². The second-order valence-electron chi connectivity index (χ2n) is 10.2. The Kier molecular flexibility index (Phi) is 6.77. The molecular weight excluding hydrogens is 394 g/mol. The third-order valence-electron chi connectivity index (χ3n) is 7.96. The van der Waals surface area contributed by atoms with Crippen LogP contribution in [0.15, 0.2) is 36.5 Å². The van der Waals surface area contributed by atoms with Gasteiger partial charge in [0.1, 0.15) is 0 Å². The second kappa shape index (κ2) is 9.90. The monoisotopic (exact) mass is 433 g/mol. The number of nitrogens with zero attached hydrogens (tertiary/aromatic N) is 2. The summed E-state index contributed by atoms with van der Waals surface area (Å²) in [6.45, 7) is 2.08. The number of pyridine rings is 1. The second-order valence-corrected chi connectivity index (χ2v) is 10.2. The lowest BCUT2D eigenvalue weighted by Gasteiger charge is -2.35. The predicted octanol–water partition coefficient (Wildman–Crippen LogP) is 4.18. The highest BCUT2D eigenvalue weighted by molar-refractivity contribution is 5.56. The van der Waals surface area contributed by atoms with E-state index >= 15 is 0 Å². The van der Waals surface area contributed by atoms with Crippen molar-refractivity contribution in [3.05, 3.63) is 58.9 Å². The highest BCUT2D eigenvalue weighted by Gasteiger charge is 2.27. The number of fused-ring (bicyclic) bond motifs is 2. The van der Waals surface area contributed by atoms with Crippen LogP contribution in [0.5, 0.6) is 0 Å². The molecule has 1 aromatic carbocycles. The van der Waals surface area contributed by atoms with Crippen LogP contribution in [-0.2, 0) is 19.4 Å². The number of hydrogen-bond acceptors (Lipinski definition) is 5. The zero-order chi connectivity index (χ0) is 21.9. The molecule has 2 heterocycles. The van der Waals surface area contributed by atoms with E-state index in [1.54, 1.807) is 0 Å². The van der Waals surface area contributed by atoms with Gasteiger partial charge in [-0.05, 0) is 100 Å². The first-order valence-corrected chi connectivity index (χ1v) is 12.7. The van der Waals surface area contributed by atoms with Crippen LogP contribution in [0.1, 0.15) is 73.4 Å². The molecule has 0 radical (unpaired) electrons. The van der Waals surface area contributed by atoms with Gasteiger partial charge in [0.25, 0.3) is 0 Å². The normalized spacial score (nSPS) is 27.6. The summed E-state index contributed by atoms with van der Waals surface area (Å²) in [5.41, 5.74) is 13.2. The van der Waals surface area contributed by atoms with Crippen molar-refractivity contribution in [3.8, 4) is 0 Å².